The van der Waals surface area contributed by atoms with Crippen molar-refractivity contribution in [1.29, 1.82) is 0 Å². The van der Waals surface area contributed by atoms with E-state index in [0.29, 0.717) is 0 Å². The van der Waals surface area contributed by atoms with Crippen LogP contribution in [0.5, 0.6) is 0 Å². The van der Waals surface area contributed by atoms with E-state index in [2.05, 4.69) is 28.7 Å². The van der Waals surface area contributed by atoms with Crippen LogP contribution in [-0.4, -0.2) is 11.7 Å². The van der Waals surface area contributed by atoms with Gasteiger partial charge in [0.1, 0.15) is 0 Å². The van der Waals surface area contributed by atoms with E-state index in [9.17, 15) is 5.11 Å². The molecule has 0 aliphatic carbocycles. The Morgan fingerprint density at radius 2 is 2.14 bits per heavy atom. The van der Waals surface area contributed by atoms with E-state index in [0.717, 1.165) is 5.56 Å². The number of nitrogens with two attached hydrogens (primary N) is 1. The Labute approximate surface area is 98.7 Å². The summed E-state index contributed by atoms with van der Waals surface area (Å²) in [5, 5.41) is 9.21. The van der Waals surface area contributed by atoms with Crippen molar-refractivity contribution in [3.05, 3.63) is 33.4 Å². The van der Waals surface area contributed by atoms with Crippen LogP contribution < -0.4 is 5.73 Å². The summed E-state index contributed by atoms with van der Waals surface area (Å²) < 4.78 is 1.17. The molecule has 0 saturated carbocycles. The molecule has 2 nitrogen and oxygen atoms in total. The van der Waals surface area contributed by atoms with Gasteiger partial charge in [-0.2, -0.15) is 0 Å². The highest BCUT2D eigenvalue weighted by Gasteiger charge is 2.26. The van der Waals surface area contributed by atoms with Crippen molar-refractivity contribution in [1.82, 2.24) is 0 Å². The zero-order chi connectivity index (χ0) is 10.8. The van der Waals surface area contributed by atoms with Gasteiger partial charge in [-0.05, 0) is 40.3 Å². The fourth-order valence-electron chi connectivity index (χ4n) is 1.25. The molecule has 78 valence electrons. The normalized spacial score (nSPS) is 14.1. The van der Waals surface area contributed by atoms with Crippen molar-refractivity contribution < 1.29 is 5.11 Å². The van der Waals surface area contributed by atoms with E-state index in [1.54, 1.807) is 0 Å². The molecule has 0 amide bonds. The Balaban J connectivity index is 2.94. The maximum Gasteiger partial charge on any atom is 0.0500 e. The Hall–Kier alpha value is -0.130. The van der Waals surface area contributed by atoms with Gasteiger partial charge in [0.25, 0.3) is 0 Å². The Kier molecular flexibility index (Phi) is 3.92. The van der Waals surface area contributed by atoms with Gasteiger partial charge in [0.05, 0.1) is 0 Å². The van der Waals surface area contributed by atoms with Crippen LogP contribution in [0, 0.1) is 8.99 Å². The molecule has 0 fully saturated rings. The highest BCUT2D eigenvalue weighted by atomic mass is 127. The highest BCUT2D eigenvalue weighted by Crippen LogP contribution is 2.30. The summed E-state index contributed by atoms with van der Waals surface area (Å²) >= 11 is 2.26. The molecule has 0 saturated heterocycles. The second kappa shape index (κ2) is 4.59. The van der Waals surface area contributed by atoms with Crippen molar-refractivity contribution in [2.75, 3.05) is 6.61 Å². The molecule has 0 aromatic heterocycles. The predicted octanol–water partition coefficient (Wildman–Crippen LogP) is 2.31. The summed E-state index contributed by atoms with van der Waals surface area (Å²) in [6, 6.07) is 7.96. The number of rotatable bonds is 3. The average Bonchev–Trinajstić information content (AvgIpc) is 2.16. The number of hydrogen-bond donors (Lipinski definition) is 2. The van der Waals surface area contributed by atoms with E-state index in [1.165, 1.54) is 3.57 Å². The molecule has 0 aliphatic rings. The van der Waals surface area contributed by atoms with Gasteiger partial charge in [0.15, 0.2) is 0 Å². The van der Waals surface area contributed by atoms with Gasteiger partial charge in [0, 0.05) is 21.6 Å². The summed E-state index contributed by atoms with van der Waals surface area (Å²) in [4.78, 5) is 0. The van der Waals surface area contributed by atoms with Gasteiger partial charge in [-0.25, -0.2) is 0 Å². The van der Waals surface area contributed by atoms with Gasteiger partial charge in [-0.1, -0.05) is 26.0 Å². The topological polar surface area (TPSA) is 46.2 Å². The fraction of sp³-hybridized carbons (Fsp3) is 0.455. The molecule has 1 rings (SSSR count). The van der Waals surface area contributed by atoms with Crippen molar-refractivity contribution in [3.8, 4) is 0 Å². The lowest BCUT2D eigenvalue weighted by molar-refractivity contribution is 0.132. The number of aliphatic hydroxyl groups is 1. The minimum atomic E-state index is -0.273. The molecule has 1 aromatic rings. The summed E-state index contributed by atoms with van der Waals surface area (Å²) in [7, 11) is 0. The van der Waals surface area contributed by atoms with Gasteiger partial charge in [-0.15, -0.1) is 0 Å². The van der Waals surface area contributed by atoms with E-state index in [1.807, 2.05) is 32.0 Å². The summed E-state index contributed by atoms with van der Waals surface area (Å²) in [5.41, 5.74) is 6.90. The summed E-state index contributed by atoms with van der Waals surface area (Å²) in [6.45, 7) is 4.04. The highest BCUT2D eigenvalue weighted by molar-refractivity contribution is 14.1. The zero-order valence-corrected chi connectivity index (χ0v) is 10.7. The number of aliphatic hydroxyl groups excluding tert-OH is 1. The number of halogens is 1. The van der Waals surface area contributed by atoms with Crippen molar-refractivity contribution in [2.24, 2.45) is 11.1 Å². The second-order valence-electron chi connectivity index (χ2n) is 4.18. The lowest BCUT2D eigenvalue weighted by atomic mass is 9.82. The third-order valence-corrected chi connectivity index (χ3v) is 3.13. The predicted molar refractivity (Wildman–Crippen MR) is 67.0 cm³/mol. The zero-order valence-electron chi connectivity index (χ0n) is 8.50. The molecule has 0 radical (unpaired) electrons. The molecule has 3 N–H and O–H groups in total. The van der Waals surface area contributed by atoms with Crippen LogP contribution in [0.15, 0.2) is 24.3 Å². The third-order valence-electron chi connectivity index (χ3n) is 2.46. The average molecular weight is 305 g/mol. The second-order valence-corrected chi connectivity index (χ2v) is 5.43. The molecular formula is C11H16INO. The summed E-state index contributed by atoms with van der Waals surface area (Å²) in [5.74, 6) is 0. The van der Waals surface area contributed by atoms with E-state index >= 15 is 0 Å². The lowest BCUT2D eigenvalue weighted by Gasteiger charge is -2.29. The smallest absolute Gasteiger partial charge is 0.0500 e. The van der Waals surface area contributed by atoms with Crippen molar-refractivity contribution in [3.63, 3.8) is 0 Å². The number of benzene rings is 1. The molecule has 3 heteroatoms. The number of hydrogen-bond acceptors (Lipinski definition) is 2. The first-order valence-electron chi connectivity index (χ1n) is 4.59. The van der Waals surface area contributed by atoms with Crippen molar-refractivity contribution >= 4 is 22.6 Å². The first-order valence-corrected chi connectivity index (χ1v) is 5.67. The van der Waals surface area contributed by atoms with Gasteiger partial charge < -0.3 is 10.8 Å². The summed E-state index contributed by atoms with van der Waals surface area (Å²) in [6.07, 6.45) is 0. The molecule has 0 aliphatic heterocycles. The molecule has 0 bridgehead atoms. The minimum absolute atomic E-state index is 0.0969. The van der Waals surface area contributed by atoms with Crippen molar-refractivity contribution in [2.45, 2.75) is 19.9 Å². The largest absolute Gasteiger partial charge is 0.396 e. The molecule has 1 aromatic carbocycles. The minimum Gasteiger partial charge on any atom is -0.396 e. The first-order chi connectivity index (χ1) is 6.47. The van der Waals surface area contributed by atoms with Crippen LogP contribution in [0.3, 0.4) is 0 Å². The SMILES string of the molecule is CC(C)(CO)C(N)c1cccc(I)c1. The van der Waals surface area contributed by atoms with Gasteiger partial charge in [-0.3, -0.25) is 0 Å². The fourth-order valence-corrected chi connectivity index (χ4v) is 1.82. The molecule has 1 unspecified atom stereocenters. The monoisotopic (exact) mass is 305 g/mol. The Morgan fingerprint density at radius 3 is 2.64 bits per heavy atom. The standard InChI is InChI=1S/C11H16INO/c1-11(2,7-14)10(13)8-4-3-5-9(12)6-8/h3-6,10,14H,7,13H2,1-2H3. The van der Waals surface area contributed by atoms with Crippen LogP contribution in [0.25, 0.3) is 0 Å². The van der Waals surface area contributed by atoms with Crippen LogP contribution >= 0.6 is 22.6 Å². The molecule has 0 spiro atoms. The van der Waals surface area contributed by atoms with Crippen LogP contribution in [-0.2, 0) is 0 Å². The molecular weight excluding hydrogens is 289 g/mol. The molecule has 14 heavy (non-hydrogen) atoms. The lowest BCUT2D eigenvalue weighted by Crippen LogP contribution is -2.32. The quantitative estimate of drug-likeness (QED) is 0.842. The third kappa shape index (κ3) is 2.68. The Morgan fingerprint density at radius 1 is 1.50 bits per heavy atom. The van der Waals surface area contributed by atoms with Crippen LogP contribution in [0.2, 0.25) is 0 Å². The Bertz CT molecular complexity index is 312. The van der Waals surface area contributed by atoms with Crippen LogP contribution in [0.4, 0.5) is 0 Å². The van der Waals surface area contributed by atoms with Crippen LogP contribution in [0.1, 0.15) is 25.5 Å². The van der Waals surface area contributed by atoms with Gasteiger partial charge >= 0.3 is 0 Å². The van der Waals surface area contributed by atoms with Gasteiger partial charge in [0.2, 0.25) is 0 Å². The van der Waals surface area contributed by atoms with E-state index < -0.39 is 0 Å². The maximum atomic E-state index is 9.21. The molecule has 0 heterocycles. The van der Waals surface area contributed by atoms with E-state index in [-0.39, 0.29) is 18.1 Å². The maximum absolute atomic E-state index is 9.21. The van der Waals surface area contributed by atoms with E-state index in [4.69, 9.17) is 5.73 Å². The first kappa shape index (κ1) is 11.9. The molecule has 1 atom stereocenters.